The second-order valence-electron chi connectivity index (χ2n) is 4.88. The molecule has 1 amide bonds. The van der Waals surface area contributed by atoms with Gasteiger partial charge >= 0.3 is 0 Å². The average molecular weight is 329 g/mol. The SMILES string of the molecule is CN(Cc1ccccc1)C(=S)NC(=O)c1ccccc1[N+](=O)[O-]. The first-order valence-corrected chi connectivity index (χ1v) is 7.23. The van der Waals surface area contributed by atoms with Crippen LogP contribution in [0.15, 0.2) is 54.6 Å². The molecule has 2 aromatic carbocycles. The smallest absolute Gasteiger partial charge is 0.282 e. The summed E-state index contributed by atoms with van der Waals surface area (Å²) >= 11 is 5.19. The topological polar surface area (TPSA) is 75.5 Å². The Morgan fingerprint density at radius 3 is 2.43 bits per heavy atom. The Bertz CT molecular complexity index is 734. The lowest BCUT2D eigenvalue weighted by Gasteiger charge is -2.20. The summed E-state index contributed by atoms with van der Waals surface area (Å²) in [5, 5.41) is 13.7. The van der Waals surface area contributed by atoms with Crippen LogP contribution < -0.4 is 5.32 Å². The number of benzene rings is 2. The Morgan fingerprint density at radius 1 is 1.17 bits per heavy atom. The number of nitrogens with zero attached hydrogens (tertiary/aromatic N) is 2. The lowest BCUT2D eigenvalue weighted by Crippen LogP contribution is -2.40. The zero-order valence-corrected chi connectivity index (χ0v) is 13.2. The van der Waals surface area contributed by atoms with E-state index in [1.54, 1.807) is 18.0 Å². The van der Waals surface area contributed by atoms with Crippen LogP contribution in [0, 0.1) is 10.1 Å². The summed E-state index contributed by atoms with van der Waals surface area (Å²) in [6.07, 6.45) is 0. The highest BCUT2D eigenvalue weighted by atomic mass is 32.1. The lowest BCUT2D eigenvalue weighted by atomic mass is 10.1. The molecule has 1 N–H and O–H groups in total. The summed E-state index contributed by atoms with van der Waals surface area (Å²) in [5.41, 5.74) is 0.767. The number of nitrogens with one attached hydrogen (secondary N) is 1. The molecule has 0 aromatic heterocycles. The highest BCUT2D eigenvalue weighted by Crippen LogP contribution is 2.17. The van der Waals surface area contributed by atoms with E-state index in [0.29, 0.717) is 6.54 Å². The van der Waals surface area contributed by atoms with E-state index in [2.05, 4.69) is 5.32 Å². The van der Waals surface area contributed by atoms with E-state index in [9.17, 15) is 14.9 Å². The summed E-state index contributed by atoms with van der Waals surface area (Å²) < 4.78 is 0. The molecule has 6 nitrogen and oxygen atoms in total. The molecule has 118 valence electrons. The van der Waals surface area contributed by atoms with Crippen molar-refractivity contribution in [1.82, 2.24) is 10.2 Å². The van der Waals surface area contributed by atoms with Crippen molar-refractivity contribution in [2.75, 3.05) is 7.05 Å². The molecule has 0 saturated carbocycles. The second-order valence-corrected chi connectivity index (χ2v) is 5.26. The highest BCUT2D eigenvalue weighted by molar-refractivity contribution is 7.80. The standard InChI is InChI=1S/C16H15N3O3S/c1-18(11-12-7-3-2-4-8-12)16(23)17-15(20)13-9-5-6-10-14(13)19(21)22/h2-10H,11H2,1H3,(H,17,20,23). The number of nitro groups is 1. The predicted molar refractivity (Wildman–Crippen MR) is 91.1 cm³/mol. The van der Waals surface area contributed by atoms with Crippen LogP contribution in [0.1, 0.15) is 15.9 Å². The number of thiocarbonyl (C=S) groups is 1. The van der Waals surface area contributed by atoms with Crippen molar-refractivity contribution in [2.45, 2.75) is 6.54 Å². The maximum absolute atomic E-state index is 12.2. The van der Waals surface area contributed by atoms with Crippen LogP contribution in [0.5, 0.6) is 0 Å². The Kier molecular flexibility index (Phi) is 5.37. The number of carbonyl (C=O) groups excluding carboxylic acids is 1. The number of nitro benzene ring substituents is 1. The molecule has 7 heteroatoms. The van der Waals surface area contributed by atoms with Gasteiger partial charge < -0.3 is 4.90 Å². The minimum Gasteiger partial charge on any atom is -0.348 e. The molecule has 0 fully saturated rings. The molecule has 0 atom stereocenters. The zero-order valence-electron chi connectivity index (χ0n) is 12.4. The molecule has 0 radical (unpaired) electrons. The highest BCUT2D eigenvalue weighted by Gasteiger charge is 2.20. The first kappa shape index (κ1) is 16.6. The third-order valence-corrected chi connectivity index (χ3v) is 3.59. The maximum atomic E-state index is 12.2. The second kappa shape index (κ2) is 7.46. The van der Waals surface area contributed by atoms with Crippen molar-refractivity contribution in [3.05, 3.63) is 75.8 Å². The molecule has 0 aliphatic heterocycles. The van der Waals surface area contributed by atoms with E-state index in [4.69, 9.17) is 12.2 Å². The number of amides is 1. The van der Waals surface area contributed by atoms with Crippen LogP contribution >= 0.6 is 12.2 Å². The number of para-hydroxylation sites is 1. The summed E-state index contributed by atoms with van der Waals surface area (Å²) in [4.78, 5) is 24.3. The molecule has 0 heterocycles. The van der Waals surface area contributed by atoms with Crippen LogP contribution in [0.25, 0.3) is 0 Å². The molecule has 0 saturated heterocycles. The van der Waals surface area contributed by atoms with Crippen molar-refractivity contribution in [2.24, 2.45) is 0 Å². The van der Waals surface area contributed by atoms with Crippen LogP contribution in [0.2, 0.25) is 0 Å². The van der Waals surface area contributed by atoms with Crippen molar-refractivity contribution < 1.29 is 9.72 Å². The zero-order chi connectivity index (χ0) is 16.8. The van der Waals surface area contributed by atoms with Gasteiger partial charge in [0.25, 0.3) is 11.6 Å². The van der Waals surface area contributed by atoms with Gasteiger partial charge in [0, 0.05) is 19.7 Å². The minimum absolute atomic E-state index is 0.0204. The van der Waals surface area contributed by atoms with Crippen molar-refractivity contribution in [1.29, 1.82) is 0 Å². The van der Waals surface area contributed by atoms with E-state index >= 15 is 0 Å². The van der Waals surface area contributed by atoms with Gasteiger partial charge in [-0.1, -0.05) is 42.5 Å². The van der Waals surface area contributed by atoms with Gasteiger partial charge in [0.05, 0.1) is 4.92 Å². The summed E-state index contributed by atoms with van der Waals surface area (Å²) in [6, 6.07) is 15.4. The Hall–Kier alpha value is -2.80. The first-order valence-electron chi connectivity index (χ1n) is 6.83. The third kappa shape index (κ3) is 4.33. The Labute approximate surface area is 138 Å². The van der Waals surface area contributed by atoms with Crippen LogP contribution in [0.4, 0.5) is 5.69 Å². The molecule has 0 aliphatic carbocycles. The van der Waals surface area contributed by atoms with Crippen molar-refractivity contribution >= 4 is 28.9 Å². The summed E-state index contributed by atoms with van der Waals surface area (Å²) in [5.74, 6) is -0.595. The number of carbonyl (C=O) groups is 1. The van der Waals surface area contributed by atoms with Gasteiger partial charge in [-0.15, -0.1) is 0 Å². The van der Waals surface area contributed by atoms with E-state index in [-0.39, 0.29) is 16.4 Å². The molecule has 0 unspecified atom stereocenters. The minimum atomic E-state index is -0.595. The summed E-state index contributed by atoms with van der Waals surface area (Å²) in [7, 11) is 1.75. The van der Waals surface area contributed by atoms with Gasteiger partial charge in [-0.2, -0.15) is 0 Å². The predicted octanol–water partition coefficient (Wildman–Crippen LogP) is 2.74. The molecule has 0 spiro atoms. The van der Waals surface area contributed by atoms with Gasteiger partial charge in [-0.25, -0.2) is 0 Å². The first-order chi connectivity index (χ1) is 11.0. The fourth-order valence-corrected chi connectivity index (χ4v) is 2.17. The number of rotatable bonds is 4. The van der Waals surface area contributed by atoms with E-state index in [0.717, 1.165) is 5.56 Å². The Balaban J connectivity index is 2.05. The fourth-order valence-electron chi connectivity index (χ4n) is 2.01. The summed E-state index contributed by atoms with van der Waals surface area (Å²) in [6.45, 7) is 0.525. The van der Waals surface area contributed by atoms with Gasteiger partial charge in [-0.3, -0.25) is 20.2 Å². The number of hydrogen-bond acceptors (Lipinski definition) is 4. The molecule has 2 aromatic rings. The van der Waals surface area contributed by atoms with Crippen molar-refractivity contribution in [3.8, 4) is 0 Å². The van der Waals surface area contributed by atoms with Crippen LogP contribution in [-0.2, 0) is 6.54 Å². The largest absolute Gasteiger partial charge is 0.348 e. The molecule has 0 bridgehead atoms. The lowest BCUT2D eigenvalue weighted by molar-refractivity contribution is -0.385. The van der Waals surface area contributed by atoms with Gasteiger partial charge in [0.1, 0.15) is 5.56 Å². The van der Waals surface area contributed by atoms with E-state index in [1.165, 1.54) is 18.2 Å². The van der Waals surface area contributed by atoms with Crippen molar-refractivity contribution in [3.63, 3.8) is 0 Å². The normalized spacial score (nSPS) is 9.96. The quantitative estimate of drug-likeness (QED) is 0.530. The van der Waals surface area contributed by atoms with E-state index in [1.807, 2.05) is 30.3 Å². The molecule has 2 rings (SSSR count). The fraction of sp³-hybridized carbons (Fsp3) is 0.125. The maximum Gasteiger partial charge on any atom is 0.282 e. The third-order valence-electron chi connectivity index (χ3n) is 3.18. The van der Waals surface area contributed by atoms with Crippen LogP contribution in [-0.4, -0.2) is 27.9 Å². The molecule has 0 aliphatic rings. The van der Waals surface area contributed by atoms with Gasteiger partial charge in [0.2, 0.25) is 0 Å². The average Bonchev–Trinajstić information content (AvgIpc) is 2.55. The van der Waals surface area contributed by atoms with E-state index < -0.39 is 10.8 Å². The van der Waals surface area contributed by atoms with Gasteiger partial charge in [-0.05, 0) is 23.8 Å². The molecular formula is C16H15N3O3S. The monoisotopic (exact) mass is 329 g/mol. The Morgan fingerprint density at radius 2 is 1.78 bits per heavy atom. The van der Waals surface area contributed by atoms with Gasteiger partial charge in [0.15, 0.2) is 5.11 Å². The molecule has 23 heavy (non-hydrogen) atoms. The number of hydrogen-bond donors (Lipinski definition) is 1. The molecular weight excluding hydrogens is 314 g/mol. The van der Waals surface area contributed by atoms with Crippen LogP contribution in [0.3, 0.4) is 0 Å².